The summed E-state index contributed by atoms with van der Waals surface area (Å²) < 4.78 is 6.37. The Morgan fingerprint density at radius 1 is 1.40 bits per heavy atom. The molecule has 6 nitrogen and oxygen atoms in total. The van der Waals surface area contributed by atoms with Crippen LogP contribution in [0.3, 0.4) is 0 Å². The average molecular weight is 276 g/mol. The molecule has 0 aliphatic heterocycles. The van der Waals surface area contributed by atoms with Crippen LogP contribution < -0.4 is 11.1 Å². The SMILES string of the molecule is O=C(Cn1c(=O)oc2ccccc21)NCC1(CO)CC1. The second-order valence-corrected chi connectivity index (χ2v) is 5.36. The molecule has 0 spiro atoms. The van der Waals surface area contributed by atoms with E-state index >= 15 is 0 Å². The van der Waals surface area contributed by atoms with E-state index in [4.69, 9.17) is 4.42 Å². The maximum atomic E-state index is 11.9. The Kier molecular flexibility index (Phi) is 3.10. The summed E-state index contributed by atoms with van der Waals surface area (Å²) in [6, 6.07) is 6.99. The first-order chi connectivity index (χ1) is 9.63. The summed E-state index contributed by atoms with van der Waals surface area (Å²) in [6.45, 7) is 0.464. The largest absolute Gasteiger partial charge is 0.420 e. The van der Waals surface area contributed by atoms with Crippen molar-refractivity contribution in [3.63, 3.8) is 0 Å². The summed E-state index contributed by atoms with van der Waals surface area (Å²) in [4.78, 5) is 23.6. The molecule has 1 aliphatic rings. The van der Waals surface area contributed by atoms with Gasteiger partial charge < -0.3 is 14.8 Å². The van der Waals surface area contributed by atoms with Crippen LogP contribution in [0.15, 0.2) is 33.5 Å². The van der Waals surface area contributed by atoms with Crippen molar-refractivity contribution in [2.45, 2.75) is 19.4 Å². The predicted molar refractivity (Wildman–Crippen MR) is 72.2 cm³/mol. The Balaban J connectivity index is 1.71. The number of hydrogen-bond donors (Lipinski definition) is 2. The molecule has 1 aromatic carbocycles. The zero-order valence-corrected chi connectivity index (χ0v) is 11.0. The van der Waals surface area contributed by atoms with Crippen LogP contribution in [0.4, 0.5) is 0 Å². The number of benzene rings is 1. The standard InChI is InChI=1S/C14H16N2O4/c17-9-14(5-6-14)8-15-12(18)7-16-10-3-1-2-4-11(10)20-13(16)19/h1-4,17H,5-9H2,(H,15,18). The van der Waals surface area contributed by atoms with Gasteiger partial charge in [0.25, 0.3) is 0 Å². The fraction of sp³-hybridized carbons (Fsp3) is 0.429. The van der Waals surface area contributed by atoms with Crippen molar-refractivity contribution in [1.82, 2.24) is 9.88 Å². The van der Waals surface area contributed by atoms with Crippen molar-refractivity contribution in [2.24, 2.45) is 5.41 Å². The zero-order chi connectivity index (χ0) is 14.2. The Labute approximate surface area is 115 Å². The molecule has 0 atom stereocenters. The van der Waals surface area contributed by atoms with Crippen LogP contribution in [0.5, 0.6) is 0 Å². The summed E-state index contributed by atoms with van der Waals surface area (Å²) >= 11 is 0. The molecule has 106 valence electrons. The van der Waals surface area contributed by atoms with Crippen LogP contribution in [-0.4, -0.2) is 28.7 Å². The van der Waals surface area contributed by atoms with E-state index in [-0.39, 0.29) is 24.5 Å². The summed E-state index contributed by atoms with van der Waals surface area (Å²) in [7, 11) is 0. The van der Waals surface area contributed by atoms with Gasteiger partial charge in [-0.1, -0.05) is 12.1 Å². The summed E-state index contributed by atoms with van der Waals surface area (Å²) in [5.41, 5.74) is 0.939. The molecule has 6 heteroatoms. The lowest BCUT2D eigenvalue weighted by Gasteiger charge is -2.12. The Hall–Kier alpha value is -2.08. The van der Waals surface area contributed by atoms with E-state index in [1.807, 2.05) is 0 Å². The maximum absolute atomic E-state index is 11.9. The molecule has 1 heterocycles. The van der Waals surface area contributed by atoms with Crippen molar-refractivity contribution < 1.29 is 14.3 Å². The van der Waals surface area contributed by atoms with Gasteiger partial charge in [0.2, 0.25) is 5.91 Å². The minimum atomic E-state index is -0.537. The number of aliphatic hydroxyl groups is 1. The van der Waals surface area contributed by atoms with Gasteiger partial charge in [-0.25, -0.2) is 4.79 Å². The van der Waals surface area contributed by atoms with Crippen molar-refractivity contribution in [2.75, 3.05) is 13.2 Å². The van der Waals surface area contributed by atoms with Crippen LogP contribution in [-0.2, 0) is 11.3 Å². The van der Waals surface area contributed by atoms with Crippen molar-refractivity contribution in [1.29, 1.82) is 0 Å². The monoisotopic (exact) mass is 276 g/mol. The zero-order valence-electron chi connectivity index (χ0n) is 11.0. The second kappa shape index (κ2) is 4.79. The number of para-hydroxylation sites is 2. The molecule has 0 radical (unpaired) electrons. The van der Waals surface area contributed by atoms with E-state index in [1.54, 1.807) is 24.3 Å². The molecule has 1 aliphatic carbocycles. The minimum Gasteiger partial charge on any atom is -0.408 e. The summed E-state index contributed by atoms with van der Waals surface area (Å²) in [5.74, 6) is -0.789. The number of nitrogens with zero attached hydrogens (tertiary/aromatic N) is 1. The average Bonchev–Trinajstić information content (AvgIpc) is 3.18. The topological polar surface area (TPSA) is 84.5 Å². The number of hydrogen-bond acceptors (Lipinski definition) is 4. The lowest BCUT2D eigenvalue weighted by Crippen LogP contribution is -2.35. The number of nitrogens with one attached hydrogen (secondary N) is 1. The smallest absolute Gasteiger partial charge is 0.408 e. The number of rotatable bonds is 5. The molecule has 20 heavy (non-hydrogen) atoms. The number of carbonyl (C=O) groups excluding carboxylic acids is 1. The van der Waals surface area contributed by atoms with Crippen molar-refractivity contribution in [3.8, 4) is 0 Å². The number of aromatic nitrogens is 1. The molecule has 0 saturated heterocycles. The van der Waals surface area contributed by atoms with Crippen LogP contribution in [0, 0.1) is 5.41 Å². The summed E-state index contributed by atoms with van der Waals surface area (Å²) in [6.07, 6.45) is 1.86. The molecule has 3 rings (SSSR count). The molecular formula is C14H16N2O4. The number of aliphatic hydroxyl groups excluding tert-OH is 1. The fourth-order valence-electron chi connectivity index (χ4n) is 2.22. The van der Waals surface area contributed by atoms with Gasteiger partial charge in [-0.3, -0.25) is 9.36 Å². The highest BCUT2D eigenvalue weighted by atomic mass is 16.4. The molecule has 1 amide bonds. The van der Waals surface area contributed by atoms with Gasteiger partial charge in [-0.2, -0.15) is 0 Å². The highest BCUT2D eigenvalue weighted by Crippen LogP contribution is 2.44. The molecule has 1 aromatic heterocycles. The normalized spacial score (nSPS) is 16.2. The van der Waals surface area contributed by atoms with E-state index in [1.165, 1.54) is 4.57 Å². The van der Waals surface area contributed by atoms with Crippen LogP contribution in [0.25, 0.3) is 11.1 Å². The highest BCUT2D eigenvalue weighted by molar-refractivity contribution is 5.79. The van der Waals surface area contributed by atoms with Crippen molar-refractivity contribution in [3.05, 3.63) is 34.8 Å². The number of oxazole rings is 1. The van der Waals surface area contributed by atoms with Gasteiger partial charge in [0, 0.05) is 12.0 Å². The number of carbonyl (C=O) groups is 1. The van der Waals surface area contributed by atoms with E-state index in [0.717, 1.165) is 12.8 Å². The Morgan fingerprint density at radius 2 is 2.15 bits per heavy atom. The number of fused-ring (bicyclic) bond motifs is 1. The Morgan fingerprint density at radius 3 is 2.85 bits per heavy atom. The third kappa shape index (κ3) is 2.34. The van der Waals surface area contributed by atoms with Gasteiger partial charge in [0.1, 0.15) is 6.54 Å². The van der Waals surface area contributed by atoms with Gasteiger partial charge in [-0.15, -0.1) is 0 Å². The molecule has 1 fully saturated rings. The lowest BCUT2D eigenvalue weighted by atomic mass is 10.1. The molecule has 2 aromatic rings. The van der Waals surface area contributed by atoms with Crippen molar-refractivity contribution >= 4 is 17.0 Å². The first-order valence-electron chi connectivity index (χ1n) is 6.59. The Bertz CT molecular complexity index is 697. The lowest BCUT2D eigenvalue weighted by molar-refractivity contribution is -0.122. The van der Waals surface area contributed by atoms with Crippen LogP contribution in [0.2, 0.25) is 0 Å². The highest BCUT2D eigenvalue weighted by Gasteiger charge is 2.42. The van der Waals surface area contributed by atoms with E-state index in [0.29, 0.717) is 17.6 Å². The first-order valence-corrected chi connectivity index (χ1v) is 6.59. The molecule has 1 saturated carbocycles. The third-order valence-corrected chi connectivity index (χ3v) is 3.83. The van der Waals surface area contributed by atoms with Gasteiger partial charge in [-0.05, 0) is 25.0 Å². The van der Waals surface area contributed by atoms with E-state index < -0.39 is 5.76 Å². The predicted octanol–water partition coefficient (Wildman–Crippen LogP) is 0.483. The maximum Gasteiger partial charge on any atom is 0.420 e. The fourth-order valence-corrected chi connectivity index (χ4v) is 2.22. The van der Waals surface area contributed by atoms with Crippen LogP contribution in [0.1, 0.15) is 12.8 Å². The first kappa shape index (κ1) is 12.9. The molecule has 0 unspecified atom stereocenters. The van der Waals surface area contributed by atoms with Gasteiger partial charge in [0.15, 0.2) is 5.58 Å². The quantitative estimate of drug-likeness (QED) is 0.832. The molecule has 2 N–H and O–H groups in total. The number of amides is 1. The van der Waals surface area contributed by atoms with Gasteiger partial charge >= 0.3 is 5.76 Å². The van der Waals surface area contributed by atoms with E-state index in [2.05, 4.69) is 5.32 Å². The van der Waals surface area contributed by atoms with E-state index in [9.17, 15) is 14.7 Å². The summed E-state index contributed by atoms with van der Waals surface area (Å²) in [5, 5.41) is 12.0. The minimum absolute atomic E-state index is 0.0721. The third-order valence-electron chi connectivity index (χ3n) is 3.83. The van der Waals surface area contributed by atoms with Crippen LogP contribution >= 0.6 is 0 Å². The van der Waals surface area contributed by atoms with Gasteiger partial charge in [0.05, 0.1) is 12.1 Å². The molecular weight excluding hydrogens is 260 g/mol. The second-order valence-electron chi connectivity index (χ2n) is 5.36. The molecule has 0 bridgehead atoms.